The van der Waals surface area contributed by atoms with Gasteiger partial charge in [0.1, 0.15) is 23.9 Å². The van der Waals surface area contributed by atoms with E-state index in [0.29, 0.717) is 12.2 Å². The highest BCUT2D eigenvalue weighted by atomic mass is 79.9. The fraction of sp³-hybridized carbons (Fsp3) is 0.0870. The Bertz CT molecular complexity index is 994. The minimum Gasteiger partial charge on any atom is -0.508 e. The largest absolute Gasteiger partial charge is 0.508 e. The van der Waals surface area contributed by atoms with E-state index in [1.807, 2.05) is 42.5 Å². The van der Waals surface area contributed by atoms with Crippen molar-refractivity contribution in [2.45, 2.75) is 6.61 Å². The lowest BCUT2D eigenvalue weighted by Crippen LogP contribution is -1.99. The summed E-state index contributed by atoms with van der Waals surface area (Å²) in [6.07, 6.45) is 3.25. The Morgan fingerprint density at radius 1 is 1.07 bits per heavy atom. The maximum absolute atomic E-state index is 12.3. The van der Waals surface area contributed by atoms with Crippen LogP contribution in [0, 0.1) is 0 Å². The molecular weight excluding hydrogens is 420 g/mol. The second kappa shape index (κ2) is 9.24. The average Bonchev–Trinajstić information content (AvgIpc) is 2.71. The highest BCUT2D eigenvalue weighted by molar-refractivity contribution is 9.10. The van der Waals surface area contributed by atoms with Crippen molar-refractivity contribution in [2.24, 2.45) is 0 Å². The first-order valence-electron chi connectivity index (χ1n) is 8.62. The fourth-order valence-electron chi connectivity index (χ4n) is 2.63. The minimum absolute atomic E-state index is 0.130. The van der Waals surface area contributed by atoms with Crippen molar-refractivity contribution < 1.29 is 19.4 Å². The van der Waals surface area contributed by atoms with Gasteiger partial charge in [-0.1, -0.05) is 34.1 Å². The smallest absolute Gasteiger partial charge is 0.185 e. The van der Waals surface area contributed by atoms with Gasteiger partial charge in [0.15, 0.2) is 5.78 Å². The van der Waals surface area contributed by atoms with Crippen LogP contribution in [0.2, 0.25) is 0 Å². The molecule has 0 radical (unpaired) electrons. The number of aromatic hydroxyl groups is 1. The van der Waals surface area contributed by atoms with E-state index in [-0.39, 0.29) is 11.5 Å². The molecule has 0 spiro atoms. The van der Waals surface area contributed by atoms with Gasteiger partial charge in [0.2, 0.25) is 0 Å². The molecule has 0 aliphatic heterocycles. The molecule has 142 valence electrons. The molecule has 5 heteroatoms. The van der Waals surface area contributed by atoms with E-state index in [4.69, 9.17) is 9.47 Å². The first-order chi connectivity index (χ1) is 13.5. The van der Waals surface area contributed by atoms with Crippen LogP contribution in [0.25, 0.3) is 6.08 Å². The fourth-order valence-corrected chi connectivity index (χ4v) is 3.00. The molecule has 3 aromatic rings. The van der Waals surface area contributed by atoms with E-state index < -0.39 is 0 Å². The van der Waals surface area contributed by atoms with Crippen molar-refractivity contribution in [3.63, 3.8) is 0 Å². The molecule has 0 fully saturated rings. The molecule has 0 amide bonds. The molecule has 0 saturated carbocycles. The molecule has 0 heterocycles. The van der Waals surface area contributed by atoms with Gasteiger partial charge in [0, 0.05) is 15.6 Å². The molecular formula is C23H19BrO4. The highest BCUT2D eigenvalue weighted by Crippen LogP contribution is 2.24. The molecule has 0 aliphatic rings. The van der Waals surface area contributed by atoms with Crippen molar-refractivity contribution in [3.05, 3.63) is 94.0 Å². The van der Waals surface area contributed by atoms with Crippen LogP contribution in [0.5, 0.6) is 17.2 Å². The predicted molar refractivity (Wildman–Crippen MR) is 113 cm³/mol. The Balaban J connectivity index is 1.74. The van der Waals surface area contributed by atoms with Crippen LogP contribution in [0.4, 0.5) is 0 Å². The molecule has 0 aromatic heterocycles. The summed E-state index contributed by atoms with van der Waals surface area (Å²) in [4.78, 5) is 12.3. The number of hydrogen-bond donors (Lipinski definition) is 1. The van der Waals surface area contributed by atoms with Crippen LogP contribution in [0.15, 0.2) is 77.3 Å². The van der Waals surface area contributed by atoms with E-state index in [2.05, 4.69) is 15.9 Å². The lowest BCUT2D eigenvalue weighted by Gasteiger charge is -2.11. The number of ether oxygens (including phenoxy) is 2. The summed E-state index contributed by atoms with van der Waals surface area (Å²) in [6, 6.07) is 19.4. The molecule has 0 atom stereocenters. The molecule has 3 aromatic carbocycles. The van der Waals surface area contributed by atoms with Crippen LogP contribution in [-0.2, 0) is 6.61 Å². The van der Waals surface area contributed by atoms with Crippen LogP contribution in [0.3, 0.4) is 0 Å². The summed E-state index contributed by atoms with van der Waals surface area (Å²) in [5.74, 6) is 1.46. The third-order valence-corrected chi connectivity index (χ3v) is 4.57. The predicted octanol–water partition coefficient (Wildman–Crippen LogP) is 5.64. The van der Waals surface area contributed by atoms with E-state index in [1.54, 1.807) is 25.3 Å². The molecule has 0 bridgehead atoms. The zero-order valence-corrected chi connectivity index (χ0v) is 16.8. The maximum Gasteiger partial charge on any atom is 0.185 e. The number of methoxy groups -OCH3 is 1. The number of phenolic OH excluding ortho intramolecular Hbond substituents is 1. The molecule has 0 aliphatic carbocycles. The molecule has 4 nitrogen and oxygen atoms in total. The molecule has 3 rings (SSSR count). The summed E-state index contributed by atoms with van der Waals surface area (Å²) in [7, 11) is 1.61. The van der Waals surface area contributed by atoms with Crippen molar-refractivity contribution in [1.82, 2.24) is 0 Å². The number of phenols is 1. The second-order valence-corrected chi connectivity index (χ2v) is 6.98. The van der Waals surface area contributed by atoms with Gasteiger partial charge in [-0.25, -0.2) is 0 Å². The van der Waals surface area contributed by atoms with Crippen molar-refractivity contribution in [2.75, 3.05) is 7.11 Å². The number of carbonyl (C=O) groups is 1. The van der Waals surface area contributed by atoms with Crippen molar-refractivity contribution in [1.29, 1.82) is 0 Å². The quantitative estimate of drug-likeness (QED) is 0.383. The Hall–Kier alpha value is -3.05. The lowest BCUT2D eigenvalue weighted by atomic mass is 10.1. The van der Waals surface area contributed by atoms with Gasteiger partial charge in [-0.3, -0.25) is 4.79 Å². The van der Waals surface area contributed by atoms with Crippen LogP contribution >= 0.6 is 15.9 Å². The Morgan fingerprint density at radius 2 is 1.86 bits per heavy atom. The Kier molecular flexibility index (Phi) is 6.50. The number of halogens is 1. The summed E-state index contributed by atoms with van der Waals surface area (Å²) < 4.78 is 12.2. The van der Waals surface area contributed by atoms with Gasteiger partial charge in [0.05, 0.1) is 7.11 Å². The standard InChI is InChI=1S/C23H19BrO4/c1-27-23-12-6-16(5-11-22(26)17-7-9-20(25)10-8-17)13-18(23)15-28-21-4-2-3-19(24)14-21/h2-14,25H,15H2,1H3/b11-5+. The van der Waals surface area contributed by atoms with Crippen molar-refractivity contribution >= 4 is 27.8 Å². The first kappa shape index (κ1) is 19.7. The number of carbonyl (C=O) groups excluding carboxylic acids is 1. The summed E-state index contributed by atoms with van der Waals surface area (Å²) >= 11 is 3.43. The number of allylic oxidation sites excluding steroid dienone is 1. The number of ketones is 1. The zero-order valence-electron chi connectivity index (χ0n) is 15.3. The third-order valence-electron chi connectivity index (χ3n) is 4.07. The molecule has 1 N–H and O–H groups in total. The van der Waals surface area contributed by atoms with Crippen LogP contribution < -0.4 is 9.47 Å². The first-order valence-corrected chi connectivity index (χ1v) is 9.41. The number of benzene rings is 3. The van der Waals surface area contributed by atoms with E-state index >= 15 is 0 Å². The Labute approximate surface area is 172 Å². The third kappa shape index (κ3) is 5.24. The maximum atomic E-state index is 12.3. The van der Waals surface area contributed by atoms with E-state index in [9.17, 15) is 9.90 Å². The highest BCUT2D eigenvalue weighted by Gasteiger charge is 2.06. The molecule has 28 heavy (non-hydrogen) atoms. The van der Waals surface area contributed by atoms with E-state index in [0.717, 1.165) is 27.1 Å². The number of hydrogen-bond acceptors (Lipinski definition) is 4. The monoisotopic (exact) mass is 438 g/mol. The van der Waals surface area contributed by atoms with Gasteiger partial charge in [-0.2, -0.15) is 0 Å². The van der Waals surface area contributed by atoms with Gasteiger partial charge < -0.3 is 14.6 Å². The SMILES string of the molecule is COc1ccc(/C=C/C(=O)c2ccc(O)cc2)cc1COc1cccc(Br)c1. The lowest BCUT2D eigenvalue weighted by molar-refractivity contribution is 0.104. The van der Waals surface area contributed by atoms with Gasteiger partial charge in [-0.15, -0.1) is 0 Å². The summed E-state index contributed by atoms with van der Waals surface area (Å²) in [6.45, 7) is 0.340. The minimum atomic E-state index is -0.136. The Morgan fingerprint density at radius 3 is 2.57 bits per heavy atom. The molecule has 0 saturated heterocycles. The van der Waals surface area contributed by atoms with Crippen LogP contribution in [0.1, 0.15) is 21.5 Å². The second-order valence-electron chi connectivity index (χ2n) is 6.06. The van der Waals surface area contributed by atoms with E-state index in [1.165, 1.54) is 18.2 Å². The zero-order chi connectivity index (χ0) is 19.9. The van der Waals surface area contributed by atoms with Gasteiger partial charge in [0.25, 0.3) is 0 Å². The number of rotatable bonds is 7. The van der Waals surface area contributed by atoms with Crippen molar-refractivity contribution in [3.8, 4) is 17.2 Å². The van der Waals surface area contributed by atoms with Crippen LogP contribution in [-0.4, -0.2) is 18.0 Å². The van der Waals surface area contributed by atoms with Gasteiger partial charge >= 0.3 is 0 Å². The summed E-state index contributed by atoms with van der Waals surface area (Å²) in [5, 5.41) is 9.32. The topological polar surface area (TPSA) is 55.8 Å². The molecule has 0 unspecified atom stereocenters. The average molecular weight is 439 g/mol. The normalized spacial score (nSPS) is 10.8. The van der Waals surface area contributed by atoms with Gasteiger partial charge in [-0.05, 0) is 66.2 Å². The summed E-state index contributed by atoms with van der Waals surface area (Å²) in [5.41, 5.74) is 2.25.